The lowest BCUT2D eigenvalue weighted by molar-refractivity contribution is 0.0995. The highest BCUT2D eigenvalue weighted by Crippen LogP contribution is 2.39. The zero-order chi connectivity index (χ0) is 29.4. The molecular weight excluding hydrogens is 526 g/mol. The van der Waals surface area contributed by atoms with E-state index in [2.05, 4.69) is 11.1 Å². The van der Waals surface area contributed by atoms with Crippen molar-refractivity contribution in [2.75, 3.05) is 33.0 Å². The fourth-order valence-electron chi connectivity index (χ4n) is 4.43. The first kappa shape index (κ1) is 29.3. The highest BCUT2D eigenvalue weighted by molar-refractivity contribution is 5.96. The van der Waals surface area contributed by atoms with Gasteiger partial charge in [-0.15, -0.1) is 0 Å². The summed E-state index contributed by atoms with van der Waals surface area (Å²) in [6.45, 7) is 9.77. The van der Waals surface area contributed by atoms with E-state index in [1.807, 2.05) is 27.7 Å². The van der Waals surface area contributed by atoms with Gasteiger partial charge in [-0.3, -0.25) is 14.0 Å². The second-order valence-corrected chi connectivity index (χ2v) is 8.80. The minimum Gasteiger partial charge on any atom is -0.490 e. The average molecular weight is 560 g/mol. The Kier molecular flexibility index (Phi) is 9.71. The minimum atomic E-state index is -0.623. The topological polar surface area (TPSA) is 129 Å². The zero-order valence-corrected chi connectivity index (χ0v) is 23.7. The van der Waals surface area contributed by atoms with E-state index in [0.717, 1.165) is 0 Å². The fraction of sp³-hybridized carbons (Fsp3) is 0.367. The summed E-state index contributed by atoms with van der Waals surface area (Å²) in [5, 5.41) is 10.3. The maximum Gasteiger partial charge on any atom is 0.279 e. The molecule has 0 atom stereocenters. The van der Waals surface area contributed by atoms with Gasteiger partial charge in [0.25, 0.3) is 11.5 Å². The number of rotatable bonds is 12. The molecule has 214 valence electrons. The Morgan fingerprint density at radius 3 is 2.34 bits per heavy atom. The Labute approximate surface area is 237 Å². The van der Waals surface area contributed by atoms with Crippen molar-refractivity contribution in [2.24, 2.45) is 4.99 Å². The molecule has 0 aliphatic heterocycles. The number of carbonyl (C=O) groups is 1. The third-order valence-corrected chi connectivity index (χ3v) is 6.15. The standard InChI is InChI=1S/C30H33N5O6/c1-5-38-15-11-14-35-27(21(19-31)16-22-28(35)32-25-12-9-10-13-34(25)30(22)37)33-29(36)20-17-23(39-6-2)26(41-8-4)24(18-20)40-7-3/h9-10,12-13,16-18H,5-8,11,14-15H2,1-4H3. The van der Waals surface area contributed by atoms with Crippen LogP contribution in [0, 0.1) is 11.3 Å². The number of fused-ring (bicyclic) bond motifs is 2. The second kappa shape index (κ2) is 13.6. The number of hydrogen-bond acceptors (Lipinski definition) is 8. The van der Waals surface area contributed by atoms with E-state index < -0.39 is 5.91 Å². The highest BCUT2D eigenvalue weighted by Gasteiger charge is 2.20. The molecule has 0 unspecified atom stereocenters. The second-order valence-electron chi connectivity index (χ2n) is 8.80. The zero-order valence-electron chi connectivity index (χ0n) is 23.7. The van der Waals surface area contributed by atoms with Crippen LogP contribution in [0.2, 0.25) is 0 Å². The number of hydrogen-bond donors (Lipinski definition) is 0. The van der Waals surface area contributed by atoms with Crippen molar-refractivity contribution in [2.45, 2.75) is 40.7 Å². The molecule has 0 aliphatic rings. The molecule has 0 bridgehead atoms. The molecule has 0 fully saturated rings. The van der Waals surface area contributed by atoms with Gasteiger partial charge in [0.15, 0.2) is 17.0 Å². The third-order valence-electron chi connectivity index (χ3n) is 6.15. The minimum absolute atomic E-state index is 0.0676. The van der Waals surface area contributed by atoms with Crippen molar-refractivity contribution in [1.29, 1.82) is 5.26 Å². The molecule has 1 aromatic carbocycles. The number of amides is 1. The molecule has 0 N–H and O–H groups in total. The smallest absolute Gasteiger partial charge is 0.279 e. The summed E-state index contributed by atoms with van der Waals surface area (Å²) in [5.74, 6) is 0.479. The maximum absolute atomic E-state index is 13.7. The van der Waals surface area contributed by atoms with Gasteiger partial charge in [-0.2, -0.15) is 10.3 Å². The molecule has 4 aromatic rings. The predicted molar refractivity (Wildman–Crippen MR) is 153 cm³/mol. The number of carbonyl (C=O) groups excluding carboxylic acids is 1. The molecule has 3 heterocycles. The van der Waals surface area contributed by atoms with Crippen LogP contribution in [0.3, 0.4) is 0 Å². The largest absolute Gasteiger partial charge is 0.490 e. The van der Waals surface area contributed by atoms with Crippen molar-refractivity contribution in [3.63, 3.8) is 0 Å². The van der Waals surface area contributed by atoms with Crippen LogP contribution < -0.4 is 25.3 Å². The average Bonchev–Trinajstić information content (AvgIpc) is 2.97. The quantitative estimate of drug-likeness (QED) is 0.189. The molecular formula is C30H33N5O6. The molecule has 11 heteroatoms. The van der Waals surface area contributed by atoms with Crippen LogP contribution >= 0.6 is 0 Å². The third kappa shape index (κ3) is 6.23. The van der Waals surface area contributed by atoms with E-state index in [0.29, 0.717) is 74.5 Å². The molecule has 4 rings (SSSR count). The summed E-state index contributed by atoms with van der Waals surface area (Å²) >= 11 is 0. The van der Waals surface area contributed by atoms with Crippen LogP contribution in [-0.4, -0.2) is 52.9 Å². The molecule has 0 spiro atoms. The van der Waals surface area contributed by atoms with Crippen molar-refractivity contribution >= 4 is 22.6 Å². The van der Waals surface area contributed by atoms with Crippen molar-refractivity contribution in [1.82, 2.24) is 14.0 Å². The Hall–Kier alpha value is -4.69. The van der Waals surface area contributed by atoms with Gasteiger partial charge < -0.3 is 23.5 Å². The van der Waals surface area contributed by atoms with E-state index in [1.54, 1.807) is 41.1 Å². The summed E-state index contributed by atoms with van der Waals surface area (Å²) in [4.78, 5) is 36.1. The Morgan fingerprint density at radius 2 is 1.71 bits per heavy atom. The van der Waals surface area contributed by atoms with Gasteiger partial charge in [0.2, 0.25) is 5.75 Å². The number of pyridine rings is 2. The number of aryl methyl sites for hydroxylation is 1. The molecule has 0 saturated carbocycles. The Bertz CT molecular complexity index is 1710. The molecule has 41 heavy (non-hydrogen) atoms. The number of nitrogens with zero attached hydrogens (tertiary/aromatic N) is 5. The van der Waals surface area contributed by atoms with Gasteiger partial charge in [-0.1, -0.05) is 6.07 Å². The van der Waals surface area contributed by atoms with Crippen LogP contribution in [-0.2, 0) is 11.3 Å². The predicted octanol–water partition coefficient (Wildman–Crippen LogP) is 3.88. The van der Waals surface area contributed by atoms with Crippen molar-refractivity contribution in [3.8, 4) is 23.3 Å². The number of benzene rings is 1. The van der Waals surface area contributed by atoms with E-state index in [9.17, 15) is 14.9 Å². The van der Waals surface area contributed by atoms with Crippen LogP contribution in [0.15, 0.2) is 52.4 Å². The van der Waals surface area contributed by atoms with E-state index >= 15 is 0 Å². The molecule has 0 saturated heterocycles. The van der Waals surface area contributed by atoms with Gasteiger partial charge >= 0.3 is 0 Å². The van der Waals surface area contributed by atoms with Gasteiger partial charge in [0.1, 0.15) is 17.4 Å². The lowest BCUT2D eigenvalue weighted by atomic mass is 10.1. The lowest BCUT2D eigenvalue weighted by Gasteiger charge is -2.16. The molecule has 1 amide bonds. The van der Waals surface area contributed by atoms with Crippen molar-refractivity contribution < 1.29 is 23.7 Å². The summed E-state index contributed by atoms with van der Waals surface area (Å²) in [6, 6.07) is 11.9. The summed E-state index contributed by atoms with van der Waals surface area (Å²) in [7, 11) is 0. The molecule has 0 radical (unpaired) electrons. The normalized spacial score (nSPS) is 11.5. The van der Waals surface area contributed by atoms with Crippen molar-refractivity contribution in [3.05, 3.63) is 69.6 Å². The summed E-state index contributed by atoms with van der Waals surface area (Å²) < 4.78 is 25.8. The van der Waals surface area contributed by atoms with Crippen LogP contribution in [0.1, 0.15) is 50.0 Å². The lowest BCUT2D eigenvalue weighted by Crippen LogP contribution is -2.30. The van der Waals surface area contributed by atoms with E-state index in [1.165, 1.54) is 10.5 Å². The summed E-state index contributed by atoms with van der Waals surface area (Å²) in [5.41, 5.74) is 0.778. The van der Waals surface area contributed by atoms with Crippen LogP contribution in [0.5, 0.6) is 17.2 Å². The number of nitriles is 1. The molecule has 3 aromatic heterocycles. The molecule has 0 aliphatic carbocycles. The maximum atomic E-state index is 13.7. The number of ether oxygens (including phenoxy) is 4. The molecule has 11 nitrogen and oxygen atoms in total. The Balaban J connectivity index is 1.97. The van der Waals surface area contributed by atoms with E-state index in [-0.39, 0.29) is 27.6 Å². The monoisotopic (exact) mass is 559 g/mol. The first-order chi connectivity index (χ1) is 20.0. The summed E-state index contributed by atoms with van der Waals surface area (Å²) in [6.07, 6.45) is 2.16. The van der Waals surface area contributed by atoms with Gasteiger partial charge in [-0.05, 0) is 64.4 Å². The van der Waals surface area contributed by atoms with Crippen LogP contribution in [0.4, 0.5) is 0 Å². The van der Waals surface area contributed by atoms with Crippen LogP contribution in [0.25, 0.3) is 16.7 Å². The van der Waals surface area contributed by atoms with Gasteiger partial charge in [0.05, 0.1) is 30.8 Å². The first-order valence-corrected chi connectivity index (χ1v) is 13.7. The SMILES string of the molecule is CCOCCCn1c(=NC(=O)c2cc(OCC)c(OCC)c(OCC)c2)c(C#N)cc2c(=O)n3ccccc3nc21. The Morgan fingerprint density at radius 1 is 1.00 bits per heavy atom. The van der Waals surface area contributed by atoms with E-state index in [4.69, 9.17) is 23.9 Å². The van der Waals surface area contributed by atoms with Gasteiger partial charge in [0, 0.05) is 31.5 Å². The first-order valence-electron chi connectivity index (χ1n) is 13.7. The highest BCUT2D eigenvalue weighted by atomic mass is 16.5. The van der Waals surface area contributed by atoms with Gasteiger partial charge in [-0.25, -0.2) is 4.98 Å². The number of aromatic nitrogens is 3. The fourth-order valence-corrected chi connectivity index (χ4v) is 4.43.